The minimum absolute atomic E-state index is 0.150. The zero-order valence-electron chi connectivity index (χ0n) is 11.2. The minimum Gasteiger partial charge on any atom is -0.480 e. The molecule has 0 aliphatic heterocycles. The number of benzene rings is 2. The predicted molar refractivity (Wildman–Crippen MR) is 78.8 cm³/mol. The van der Waals surface area contributed by atoms with Crippen LogP contribution >= 0.6 is 0 Å². The summed E-state index contributed by atoms with van der Waals surface area (Å²) in [6.07, 6.45) is 4.67. The van der Waals surface area contributed by atoms with Gasteiger partial charge in [-0.15, -0.1) is 12.3 Å². The average Bonchev–Trinajstić information content (AvgIpc) is 2.46. The van der Waals surface area contributed by atoms with Gasteiger partial charge in [0.05, 0.1) is 0 Å². The largest absolute Gasteiger partial charge is 0.480 e. The van der Waals surface area contributed by atoms with Gasteiger partial charge in [-0.1, -0.05) is 42.5 Å². The number of carbonyl (C=O) groups is 2. The number of carboxylic acids is 2. The summed E-state index contributed by atoms with van der Waals surface area (Å²) < 4.78 is 0. The first kappa shape index (κ1) is 14.6. The SMILES string of the molecule is C#CCC(Cc1cccc2ccccc12)(C(=O)O)C(=O)O. The molecule has 106 valence electrons. The number of carboxylic acid groups (broad SMARTS) is 2. The second-order valence-electron chi connectivity index (χ2n) is 4.89. The van der Waals surface area contributed by atoms with Crippen molar-refractivity contribution < 1.29 is 19.8 Å². The second-order valence-corrected chi connectivity index (χ2v) is 4.89. The number of hydrogen-bond acceptors (Lipinski definition) is 2. The van der Waals surface area contributed by atoms with Crippen LogP contribution in [-0.2, 0) is 16.0 Å². The maximum Gasteiger partial charge on any atom is 0.322 e. The lowest BCUT2D eigenvalue weighted by molar-refractivity contribution is -0.164. The van der Waals surface area contributed by atoms with Gasteiger partial charge in [-0.2, -0.15) is 0 Å². The van der Waals surface area contributed by atoms with E-state index in [1.54, 1.807) is 12.1 Å². The molecule has 0 fully saturated rings. The van der Waals surface area contributed by atoms with Crippen LogP contribution in [0.5, 0.6) is 0 Å². The highest BCUT2D eigenvalue weighted by atomic mass is 16.4. The van der Waals surface area contributed by atoms with Crippen molar-refractivity contribution in [2.45, 2.75) is 12.8 Å². The van der Waals surface area contributed by atoms with Gasteiger partial charge in [0.25, 0.3) is 0 Å². The van der Waals surface area contributed by atoms with Gasteiger partial charge in [0.1, 0.15) is 0 Å². The van der Waals surface area contributed by atoms with Crippen LogP contribution in [0.3, 0.4) is 0 Å². The molecular weight excluding hydrogens is 268 g/mol. The highest BCUT2D eigenvalue weighted by Crippen LogP contribution is 2.31. The first-order chi connectivity index (χ1) is 10.0. The Kier molecular flexibility index (Phi) is 3.95. The summed E-state index contributed by atoms with van der Waals surface area (Å²) in [6, 6.07) is 12.8. The van der Waals surface area contributed by atoms with E-state index in [0.717, 1.165) is 10.8 Å². The van der Waals surface area contributed by atoms with E-state index in [1.165, 1.54) is 0 Å². The van der Waals surface area contributed by atoms with Crippen molar-refractivity contribution in [1.29, 1.82) is 0 Å². The smallest absolute Gasteiger partial charge is 0.322 e. The zero-order valence-corrected chi connectivity index (χ0v) is 11.2. The van der Waals surface area contributed by atoms with Crippen molar-refractivity contribution in [2.75, 3.05) is 0 Å². The Hall–Kier alpha value is -2.80. The number of terminal acetylenes is 1. The normalized spacial score (nSPS) is 11.0. The quantitative estimate of drug-likeness (QED) is 0.653. The second kappa shape index (κ2) is 5.68. The molecule has 2 N–H and O–H groups in total. The van der Waals surface area contributed by atoms with Gasteiger partial charge < -0.3 is 10.2 Å². The molecule has 4 nitrogen and oxygen atoms in total. The molecule has 2 aromatic carbocycles. The van der Waals surface area contributed by atoms with Gasteiger partial charge in [0, 0.05) is 12.8 Å². The van der Waals surface area contributed by atoms with E-state index in [1.807, 2.05) is 30.3 Å². The maximum atomic E-state index is 11.5. The van der Waals surface area contributed by atoms with Crippen LogP contribution in [0.25, 0.3) is 10.8 Å². The fourth-order valence-corrected chi connectivity index (χ4v) is 2.40. The highest BCUT2D eigenvalue weighted by Gasteiger charge is 2.46. The van der Waals surface area contributed by atoms with Crippen molar-refractivity contribution in [3.63, 3.8) is 0 Å². The van der Waals surface area contributed by atoms with Crippen LogP contribution in [0, 0.1) is 17.8 Å². The summed E-state index contributed by atoms with van der Waals surface area (Å²) in [5.41, 5.74) is -1.34. The van der Waals surface area contributed by atoms with Gasteiger partial charge in [-0.05, 0) is 16.3 Å². The molecule has 21 heavy (non-hydrogen) atoms. The first-order valence-electron chi connectivity index (χ1n) is 6.38. The van der Waals surface area contributed by atoms with Crippen LogP contribution in [0.15, 0.2) is 42.5 Å². The molecule has 0 aliphatic rings. The third-order valence-electron chi connectivity index (χ3n) is 3.59. The molecule has 0 bridgehead atoms. The average molecular weight is 282 g/mol. The number of aliphatic carboxylic acids is 2. The minimum atomic E-state index is -2.00. The lowest BCUT2D eigenvalue weighted by Crippen LogP contribution is -2.41. The summed E-state index contributed by atoms with van der Waals surface area (Å²) in [5.74, 6) is -0.654. The highest BCUT2D eigenvalue weighted by molar-refractivity contribution is 5.99. The fraction of sp³-hybridized carbons (Fsp3) is 0.176. The molecule has 0 saturated carbocycles. The van der Waals surface area contributed by atoms with Crippen molar-refractivity contribution in [3.8, 4) is 12.3 Å². The Morgan fingerprint density at radius 1 is 1.05 bits per heavy atom. The predicted octanol–water partition coefficient (Wildman–Crippen LogP) is 2.56. The van der Waals surface area contributed by atoms with Crippen LogP contribution in [0.4, 0.5) is 0 Å². The molecule has 0 radical (unpaired) electrons. The summed E-state index contributed by atoms with van der Waals surface area (Å²) in [5, 5.41) is 20.5. The molecular formula is C17H14O4. The van der Waals surface area contributed by atoms with E-state index in [9.17, 15) is 19.8 Å². The number of hydrogen-bond donors (Lipinski definition) is 2. The summed E-state index contributed by atoms with van der Waals surface area (Å²) in [6.45, 7) is 0. The Bertz CT molecular complexity index is 721. The van der Waals surface area contributed by atoms with Crippen molar-refractivity contribution in [1.82, 2.24) is 0 Å². The monoisotopic (exact) mass is 282 g/mol. The van der Waals surface area contributed by atoms with Crippen LogP contribution < -0.4 is 0 Å². The van der Waals surface area contributed by atoms with Gasteiger partial charge in [0.15, 0.2) is 5.41 Å². The summed E-state index contributed by atoms with van der Waals surface area (Å²) in [4.78, 5) is 23.0. The van der Waals surface area contributed by atoms with Gasteiger partial charge in [-0.25, -0.2) is 0 Å². The molecule has 2 rings (SSSR count). The molecule has 0 unspecified atom stereocenters. The van der Waals surface area contributed by atoms with E-state index in [4.69, 9.17) is 6.42 Å². The molecule has 0 aliphatic carbocycles. The van der Waals surface area contributed by atoms with Gasteiger partial charge in [0.2, 0.25) is 0 Å². The molecule has 0 atom stereocenters. The van der Waals surface area contributed by atoms with E-state index in [0.29, 0.717) is 5.56 Å². The van der Waals surface area contributed by atoms with Crippen LogP contribution in [-0.4, -0.2) is 22.2 Å². The van der Waals surface area contributed by atoms with E-state index in [-0.39, 0.29) is 12.8 Å². The Morgan fingerprint density at radius 2 is 1.67 bits per heavy atom. The third-order valence-corrected chi connectivity index (χ3v) is 3.59. The Balaban J connectivity index is 2.56. The van der Waals surface area contributed by atoms with E-state index < -0.39 is 17.4 Å². The Labute approximate surface area is 122 Å². The Morgan fingerprint density at radius 3 is 2.29 bits per heavy atom. The van der Waals surface area contributed by atoms with Crippen LogP contribution in [0.2, 0.25) is 0 Å². The maximum absolute atomic E-state index is 11.5. The lowest BCUT2D eigenvalue weighted by Gasteiger charge is -2.23. The standard InChI is InChI=1S/C17H14O4/c1-2-10-17(15(18)19,16(20)21)11-13-8-5-7-12-6-3-4-9-14(12)13/h1,3-9H,10-11H2,(H,18,19)(H,20,21). The third kappa shape index (κ3) is 2.59. The van der Waals surface area contributed by atoms with Gasteiger partial charge in [-0.3, -0.25) is 9.59 Å². The molecule has 0 aromatic heterocycles. The molecule has 0 saturated heterocycles. The van der Waals surface area contributed by atoms with E-state index >= 15 is 0 Å². The van der Waals surface area contributed by atoms with Crippen molar-refractivity contribution >= 4 is 22.7 Å². The molecule has 4 heteroatoms. The molecule has 0 heterocycles. The fourth-order valence-electron chi connectivity index (χ4n) is 2.40. The summed E-state index contributed by atoms with van der Waals surface area (Å²) >= 11 is 0. The lowest BCUT2D eigenvalue weighted by atomic mass is 9.78. The number of fused-ring (bicyclic) bond motifs is 1. The molecule has 0 amide bonds. The van der Waals surface area contributed by atoms with E-state index in [2.05, 4.69) is 5.92 Å². The summed E-state index contributed by atoms with van der Waals surface area (Å²) in [7, 11) is 0. The van der Waals surface area contributed by atoms with Crippen molar-refractivity contribution in [2.24, 2.45) is 5.41 Å². The molecule has 0 spiro atoms. The number of rotatable bonds is 5. The zero-order chi connectivity index (χ0) is 15.5. The van der Waals surface area contributed by atoms with Crippen LogP contribution in [0.1, 0.15) is 12.0 Å². The topological polar surface area (TPSA) is 74.6 Å². The molecule has 2 aromatic rings. The van der Waals surface area contributed by atoms with Crippen molar-refractivity contribution in [3.05, 3.63) is 48.0 Å². The first-order valence-corrected chi connectivity index (χ1v) is 6.38. The van der Waals surface area contributed by atoms with Gasteiger partial charge >= 0.3 is 11.9 Å².